The van der Waals surface area contributed by atoms with Crippen molar-refractivity contribution in [1.82, 2.24) is 10.3 Å². The molecule has 0 spiro atoms. The van der Waals surface area contributed by atoms with Crippen LogP contribution in [0.2, 0.25) is 5.02 Å². The summed E-state index contributed by atoms with van der Waals surface area (Å²) in [6, 6.07) is 4.74. The minimum Gasteiger partial charge on any atom is -0.356 e. The summed E-state index contributed by atoms with van der Waals surface area (Å²) in [5.74, 6) is 0. The lowest BCUT2D eigenvalue weighted by molar-refractivity contribution is 0.676. The van der Waals surface area contributed by atoms with Gasteiger partial charge in [0.1, 0.15) is 0 Å². The quantitative estimate of drug-likeness (QED) is 0.875. The maximum Gasteiger partial charge on any atom is 0.0512 e. The van der Waals surface area contributed by atoms with Gasteiger partial charge in [0.25, 0.3) is 0 Å². The van der Waals surface area contributed by atoms with Crippen LogP contribution in [0.1, 0.15) is 24.1 Å². The molecular weight excluding hydrogens is 300 g/mol. The Morgan fingerprint density at radius 1 is 1.47 bits per heavy atom. The second-order valence-electron chi connectivity index (χ2n) is 4.67. The van der Waals surface area contributed by atoms with Crippen molar-refractivity contribution >= 4 is 38.4 Å². The van der Waals surface area contributed by atoms with E-state index in [2.05, 4.69) is 32.3 Å². The highest BCUT2D eigenvalue weighted by Gasteiger charge is 2.21. The molecule has 3 rings (SSSR count). The molecule has 4 heteroatoms. The van der Waals surface area contributed by atoms with E-state index in [1.54, 1.807) is 0 Å². The number of aromatic nitrogens is 1. The molecule has 0 radical (unpaired) electrons. The molecule has 2 N–H and O–H groups in total. The van der Waals surface area contributed by atoms with Gasteiger partial charge in [0.05, 0.1) is 5.52 Å². The number of rotatable bonds is 3. The van der Waals surface area contributed by atoms with Gasteiger partial charge >= 0.3 is 0 Å². The molecule has 1 aliphatic rings. The summed E-state index contributed by atoms with van der Waals surface area (Å²) in [7, 11) is 0. The zero-order valence-electron chi connectivity index (χ0n) is 9.61. The molecule has 0 unspecified atom stereocenters. The van der Waals surface area contributed by atoms with Crippen LogP contribution < -0.4 is 5.32 Å². The zero-order chi connectivity index (χ0) is 12.0. The summed E-state index contributed by atoms with van der Waals surface area (Å²) in [4.78, 5) is 3.46. The first-order chi connectivity index (χ1) is 8.16. The van der Waals surface area contributed by atoms with E-state index in [-0.39, 0.29) is 0 Å². The molecule has 1 aliphatic carbocycles. The molecular formula is C13H14BrClN2. The normalized spacial score (nSPS) is 15.7. The summed E-state index contributed by atoms with van der Waals surface area (Å²) >= 11 is 9.80. The topological polar surface area (TPSA) is 27.8 Å². The van der Waals surface area contributed by atoms with E-state index >= 15 is 0 Å². The number of fused-ring (bicyclic) bond motifs is 1. The van der Waals surface area contributed by atoms with Crippen molar-refractivity contribution in [3.8, 4) is 0 Å². The molecule has 90 valence electrons. The standard InChI is InChI=1S/C13H14BrClN2/c1-7-10(15)5-4-9-12(14)11(17-13(7)9)6-16-8-2-3-8/h4-5,8,16-17H,2-3,6H2,1H3. The van der Waals surface area contributed by atoms with Crippen molar-refractivity contribution in [2.24, 2.45) is 0 Å². The van der Waals surface area contributed by atoms with Crippen molar-refractivity contribution in [3.63, 3.8) is 0 Å². The van der Waals surface area contributed by atoms with Gasteiger partial charge in [0.15, 0.2) is 0 Å². The number of hydrogen-bond donors (Lipinski definition) is 2. The molecule has 0 atom stereocenters. The molecule has 1 heterocycles. The predicted octanol–water partition coefficient (Wildman–Crippen LogP) is 4.14. The Kier molecular flexibility index (Phi) is 2.93. The Bertz CT molecular complexity index is 572. The smallest absolute Gasteiger partial charge is 0.0512 e. The van der Waals surface area contributed by atoms with E-state index in [0.717, 1.165) is 33.2 Å². The van der Waals surface area contributed by atoms with Crippen LogP contribution in [-0.2, 0) is 6.54 Å². The van der Waals surface area contributed by atoms with E-state index in [1.165, 1.54) is 23.9 Å². The van der Waals surface area contributed by atoms with Gasteiger partial charge in [0.2, 0.25) is 0 Å². The van der Waals surface area contributed by atoms with Crippen LogP contribution >= 0.6 is 27.5 Å². The second-order valence-corrected chi connectivity index (χ2v) is 5.87. The number of halogens is 2. The van der Waals surface area contributed by atoms with Crippen molar-refractivity contribution in [3.05, 3.63) is 32.9 Å². The highest BCUT2D eigenvalue weighted by Crippen LogP contribution is 2.33. The summed E-state index contributed by atoms with van der Waals surface area (Å²) in [5.41, 5.74) is 3.46. The SMILES string of the molecule is Cc1c(Cl)ccc2c(Br)c(CNC3CC3)[nH]c12. The fourth-order valence-electron chi connectivity index (χ4n) is 2.05. The predicted molar refractivity (Wildman–Crippen MR) is 75.6 cm³/mol. The molecule has 0 bridgehead atoms. The fraction of sp³-hybridized carbons (Fsp3) is 0.385. The van der Waals surface area contributed by atoms with Crippen LogP contribution in [0.15, 0.2) is 16.6 Å². The lowest BCUT2D eigenvalue weighted by atomic mass is 10.2. The van der Waals surface area contributed by atoms with Gasteiger partial charge in [-0.05, 0) is 47.3 Å². The second kappa shape index (κ2) is 4.30. The summed E-state index contributed by atoms with van der Waals surface area (Å²) in [5, 5.41) is 5.54. The van der Waals surface area contributed by atoms with Gasteiger partial charge in [-0.3, -0.25) is 0 Å². The number of hydrogen-bond acceptors (Lipinski definition) is 1. The van der Waals surface area contributed by atoms with Gasteiger partial charge in [-0.15, -0.1) is 0 Å². The van der Waals surface area contributed by atoms with Crippen molar-refractivity contribution in [2.45, 2.75) is 32.4 Å². The molecule has 1 saturated carbocycles. The third kappa shape index (κ3) is 2.12. The van der Waals surface area contributed by atoms with Crippen molar-refractivity contribution in [2.75, 3.05) is 0 Å². The first kappa shape index (κ1) is 11.6. The number of aromatic amines is 1. The number of nitrogens with one attached hydrogen (secondary N) is 2. The third-order valence-corrected chi connectivity index (χ3v) is 4.64. The van der Waals surface area contributed by atoms with Gasteiger partial charge in [0, 0.05) is 33.2 Å². The van der Waals surface area contributed by atoms with Crippen molar-refractivity contribution < 1.29 is 0 Å². The lowest BCUT2D eigenvalue weighted by Crippen LogP contribution is -2.15. The third-order valence-electron chi connectivity index (χ3n) is 3.32. The molecule has 1 fully saturated rings. The van der Waals surface area contributed by atoms with Crippen LogP contribution in [0.3, 0.4) is 0 Å². The van der Waals surface area contributed by atoms with Gasteiger partial charge < -0.3 is 10.3 Å². The molecule has 1 aromatic carbocycles. The average Bonchev–Trinajstić information content (AvgIpc) is 3.08. The fourth-order valence-corrected chi connectivity index (χ4v) is 2.78. The van der Waals surface area contributed by atoms with E-state index in [9.17, 15) is 0 Å². The number of aryl methyl sites for hydroxylation is 1. The molecule has 0 saturated heterocycles. The number of benzene rings is 1. The Labute approximate surface area is 114 Å². The number of H-pyrrole nitrogens is 1. The van der Waals surface area contributed by atoms with Crippen LogP contribution in [0.25, 0.3) is 10.9 Å². The molecule has 2 nitrogen and oxygen atoms in total. The minimum absolute atomic E-state index is 0.720. The summed E-state index contributed by atoms with van der Waals surface area (Å²) in [6.07, 6.45) is 2.62. The minimum atomic E-state index is 0.720. The first-order valence-corrected chi connectivity index (χ1v) is 7.02. The van der Waals surface area contributed by atoms with Gasteiger partial charge in [-0.25, -0.2) is 0 Å². The van der Waals surface area contributed by atoms with Crippen LogP contribution in [0.5, 0.6) is 0 Å². The molecule has 0 aliphatic heterocycles. The maximum absolute atomic E-state index is 6.14. The largest absolute Gasteiger partial charge is 0.356 e. The Hall–Kier alpha value is -0.510. The molecule has 17 heavy (non-hydrogen) atoms. The first-order valence-electron chi connectivity index (χ1n) is 5.85. The highest BCUT2D eigenvalue weighted by molar-refractivity contribution is 9.10. The van der Waals surface area contributed by atoms with Crippen molar-refractivity contribution in [1.29, 1.82) is 0 Å². The van der Waals surface area contributed by atoms with E-state index in [0.29, 0.717) is 0 Å². The Morgan fingerprint density at radius 2 is 2.24 bits per heavy atom. The highest BCUT2D eigenvalue weighted by atomic mass is 79.9. The van der Waals surface area contributed by atoms with E-state index in [1.807, 2.05) is 13.0 Å². The monoisotopic (exact) mass is 312 g/mol. The van der Waals surface area contributed by atoms with E-state index < -0.39 is 0 Å². The summed E-state index contributed by atoms with van der Waals surface area (Å²) < 4.78 is 1.15. The van der Waals surface area contributed by atoms with Gasteiger partial charge in [-0.2, -0.15) is 0 Å². The molecule has 0 amide bonds. The zero-order valence-corrected chi connectivity index (χ0v) is 12.0. The Balaban J connectivity index is 2.01. The van der Waals surface area contributed by atoms with E-state index in [4.69, 9.17) is 11.6 Å². The summed E-state index contributed by atoms with van der Waals surface area (Å²) in [6.45, 7) is 2.93. The van der Waals surface area contributed by atoms with Crippen LogP contribution in [0, 0.1) is 6.92 Å². The van der Waals surface area contributed by atoms with Gasteiger partial charge in [-0.1, -0.05) is 17.7 Å². The average molecular weight is 314 g/mol. The molecule has 1 aromatic heterocycles. The van der Waals surface area contributed by atoms with Crippen LogP contribution in [0.4, 0.5) is 0 Å². The molecule has 2 aromatic rings. The Morgan fingerprint density at radius 3 is 2.94 bits per heavy atom. The maximum atomic E-state index is 6.14. The lowest BCUT2D eigenvalue weighted by Gasteiger charge is -2.00. The van der Waals surface area contributed by atoms with Crippen LogP contribution in [-0.4, -0.2) is 11.0 Å².